The second kappa shape index (κ2) is 8.74. The smallest absolute Gasteiger partial charge is 0.320 e. The molecule has 6 nitrogen and oxygen atoms in total. The van der Waals surface area contributed by atoms with Crippen LogP contribution in [0.5, 0.6) is 5.75 Å². The molecule has 0 aromatic heterocycles. The lowest BCUT2D eigenvalue weighted by Crippen LogP contribution is -2.43. The fourth-order valence-corrected chi connectivity index (χ4v) is 2.77. The molecule has 1 atom stereocenters. The van der Waals surface area contributed by atoms with E-state index in [9.17, 15) is 9.59 Å². The highest BCUT2D eigenvalue weighted by molar-refractivity contribution is 5.85. The Bertz CT molecular complexity index is 553. The topological polar surface area (TPSA) is 70.1 Å². The van der Waals surface area contributed by atoms with Gasteiger partial charge in [-0.25, -0.2) is 0 Å². The van der Waals surface area contributed by atoms with Gasteiger partial charge in [0.1, 0.15) is 11.8 Å². The van der Waals surface area contributed by atoms with E-state index in [4.69, 9.17) is 9.84 Å². The molecule has 0 aliphatic carbocycles. The van der Waals surface area contributed by atoms with Crippen LogP contribution in [-0.2, 0) is 16.1 Å². The summed E-state index contributed by atoms with van der Waals surface area (Å²) >= 11 is 0. The zero-order valence-electron chi connectivity index (χ0n) is 13.4. The molecule has 1 unspecified atom stereocenters. The number of benzene rings is 1. The van der Waals surface area contributed by atoms with Crippen molar-refractivity contribution < 1.29 is 19.4 Å². The Balaban J connectivity index is 0.00000264. The number of ether oxygens (including phenoxy) is 1. The van der Waals surface area contributed by atoms with Gasteiger partial charge in [0.2, 0.25) is 5.91 Å². The molecule has 0 radical (unpaired) electrons. The summed E-state index contributed by atoms with van der Waals surface area (Å²) in [6, 6.07) is 7.01. The van der Waals surface area contributed by atoms with Crippen LogP contribution in [0.2, 0.25) is 0 Å². The number of aliphatic carboxylic acids is 1. The minimum Gasteiger partial charge on any atom is -0.496 e. The third-order valence-corrected chi connectivity index (χ3v) is 4.01. The minimum atomic E-state index is -0.849. The number of methoxy groups -OCH3 is 1. The standard InChI is InChI=1S/C16H22N2O4.ClH/c1-17(10-12-6-3-4-8-14(12)22-2)15(19)11-18-9-5-7-13(18)16(20)21;/h3-4,6,8,13H,5,7,9-11H2,1-2H3,(H,20,21);1H. The lowest BCUT2D eigenvalue weighted by atomic mass is 10.2. The lowest BCUT2D eigenvalue weighted by Gasteiger charge is -2.24. The van der Waals surface area contributed by atoms with E-state index in [1.165, 1.54) is 0 Å². The van der Waals surface area contributed by atoms with Crippen LogP contribution in [0.4, 0.5) is 0 Å². The van der Waals surface area contributed by atoms with Crippen LogP contribution in [-0.4, -0.2) is 60.1 Å². The Labute approximate surface area is 142 Å². The van der Waals surface area contributed by atoms with Gasteiger partial charge in [0.25, 0.3) is 0 Å². The number of carbonyl (C=O) groups excluding carboxylic acids is 1. The van der Waals surface area contributed by atoms with E-state index in [0.29, 0.717) is 19.5 Å². The normalized spacial score (nSPS) is 17.4. The van der Waals surface area contributed by atoms with E-state index in [1.54, 1.807) is 24.0 Å². The van der Waals surface area contributed by atoms with E-state index >= 15 is 0 Å². The first kappa shape index (κ1) is 19.3. The Hall–Kier alpha value is -1.79. The highest BCUT2D eigenvalue weighted by atomic mass is 35.5. The van der Waals surface area contributed by atoms with Crippen molar-refractivity contribution in [3.8, 4) is 5.75 Å². The molecule has 0 saturated carbocycles. The van der Waals surface area contributed by atoms with Gasteiger partial charge >= 0.3 is 5.97 Å². The molecular weight excluding hydrogens is 320 g/mol. The summed E-state index contributed by atoms with van der Waals surface area (Å²) in [5.41, 5.74) is 0.928. The Morgan fingerprint density at radius 1 is 1.39 bits per heavy atom. The number of amides is 1. The van der Waals surface area contributed by atoms with Gasteiger partial charge in [-0.2, -0.15) is 0 Å². The summed E-state index contributed by atoms with van der Waals surface area (Å²) in [5, 5.41) is 9.16. The molecule has 0 spiro atoms. The molecule has 7 heteroatoms. The van der Waals surface area contributed by atoms with Crippen LogP contribution >= 0.6 is 12.4 Å². The second-order valence-electron chi connectivity index (χ2n) is 5.53. The van der Waals surface area contributed by atoms with Crippen molar-refractivity contribution in [1.82, 2.24) is 9.80 Å². The molecule has 1 amide bonds. The number of carbonyl (C=O) groups is 2. The van der Waals surface area contributed by atoms with E-state index in [1.807, 2.05) is 24.3 Å². The van der Waals surface area contributed by atoms with E-state index < -0.39 is 12.0 Å². The van der Waals surface area contributed by atoms with Gasteiger partial charge in [0.15, 0.2) is 0 Å². The summed E-state index contributed by atoms with van der Waals surface area (Å²) in [6.45, 7) is 1.24. The number of carboxylic acid groups (broad SMARTS) is 1. The summed E-state index contributed by atoms with van der Waals surface area (Å²) < 4.78 is 5.28. The summed E-state index contributed by atoms with van der Waals surface area (Å²) in [6.07, 6.45) is 1.43. The summed E-state index contributed by atoms with van der Waals surface area (Å²) in [7, 11) is 3.32. The average Bonchev–Trinajstić information content (AvgIpc) is 2.96. The van der Waals surface area contributed by atoms with Crippen LogP contribution in [0.15, 0.2) is 24.3 Å². The molecule has 23 heavy (non-hydrogen) atoms. The number of carboxylic acids is 1. The summed E-state index contributed by atoms with van der Waals surface area (Å²) in [5.74, 6) is -0.191. The Kier molecular flexibility index (Phi) is 7.32. The Morgan fingerprint density at radius 3 is 2.74 bits per heavy atom. The van der Waals surface area contributed by atoms with Crippen LogP contribution in [0.25, 0.3) is 0 Å². The molecule has 0 bridgehead atoms. The number of likely N-dealkylation sites (N-methyl/N-ethyl adjacent to an activating group) is 1. The number of hydrogen-bond acceptors (Lipinski definition) is 4. The maximum absolute atomic E-state index is 12.3. The molecule has 1 aromatic rings. The van der Waals surface area contributed by atoms with Gasteiger partial charge < -0.3 is 14.7 Å². The highest BCUT2D eigenvalue weighted by Gasteiger charge is 2.32. The van der Waals surface area contributed by atoms with Crippen LogP contribution < -0.4 is 4.74 Å². The molecule has 128 valence electrons. The lowest BCUT2D eigenvalue weighted by molar-refractivity contribution is -0.143. The third kappa shape index (κ3) is 4.84. The molecular formula is C16H23ClN2O4. The van der Waals surface area contributed by atoms with Gasteiger partial charge in [-0.15, -0.1) is 12.4 Å². The van der Waals surface area contributed by atoms with E-state index in [2.05, 4.69) is 0 Å². The number of nitrogens with zero attached hydrogens (tertiary/aromatic N) is 2. The zero-order chi connectivity index (χ0) is 16.1. The largest absolute Gasteiger partial charge is 0.496 e. The van der Waals surface area contributed by atoms with Gasteiger partial charge in [-0.1, -0.05) is 18.2 Å². The van der Waals surface area contributed by atoms with Crippen molar-refractivity contribution in [3.63, 3.8) is 0 Å². The quantitative estimate of drug-likeness (QED) is 0.850. The molecule has 1 heterocycles. The van der Waals surface area contributed by atoms with Crippen molar-refractivity contribution in [2.45, 2.75) is 25.4 Å². The van der Waals surface area contributed by atoms with Gasteiger partial charge in [-0.05, 0) is 25.5 Å². The maximum Gasteiger partial charge on any atom is 0.320 e. The SMILES string of the molecule is COc1ccccc1CN(C)C(=O)CN1CCCC1C(=O)O.Cl. The van der Waals surface area contributed by atoms with Crippen molar-refractivity contribution in [3.05, 3.63) is 29.8 Å². The van der Waals surface area contributed by atoms with Gasteiger partial charge in [-0.3, -0.25) is 14.5 Å². The number of likely N-dealkylation sites (tertiary alicyclic amines) is 1. The fourth-order valence-electron chi connectivity index (χ4n) is 2.77. The van der Waals surface area contributed by atoms with E-state index in [-0.39, 0.29) is 24.9 Å². The third-order valence-electron chi connectivity index (χ3n) is 4.01. The molecule has 1 saturated heterocycles. The predicted octanol–water partition coefficient (Wildman–Crippen LogP) is 1.62. The highest BCUT2D eigenvalue weighted by Crippen LogP contribution is 2.20. The van der Waals surface area contributed by atoms with Crippen LogP contribution in [0.3, 0.4) is 0 Å². The molecule has 1 aliphatic rings. The zero-order valence-corrected chi connectivity index (χ0v) is 14.2. The van der Waals surface area contributed by atoms with Crippen molar-refractivity contribution in [2.24, 2.45) is 0 Å². The minimum absolute atomic E-state index is 0. The fraction of sp³-hybridized carbons (Fsp3) is 0.500. The number of para-hydroxylation sites is 1. The van der Waals surface area contributed by atoms with Gasteiger partial charge in [0.05, 0.1) is 13.7 Å². The molecule has 1 aliphatic heterocycles. The monoisotopic (exact) mass is 342 g/mol. The molecule has 2 rings (SSSR count). The number of hydrogen-bond donors (Lipinski definition) is 1. The van der Waals surface area contributed by atoms with Crippen molar-refractivity contribution in [2.75, 3.05) is 27.2 Å². The number of rotatable bonds is 6. The molecule has 1 aromatic carbocycles. The van der Waals surface area contributed by atoms with Gasteiger partial charge in [0, 0.05) is 19.2 Å². The predicted molar refractivity (Wildman–Crippen MR) is 88.9 cm³/mol. The van der Waals surface area contributed by atoms with Crippen molar-refractivity contribution in [1.29, 1.82) is 0 Å². The Morgan fingerprint density at radius 2 is 2.09 bits per heavy atom. The first-order chi connectivity index (χ1) is 10.5. The average molecular weight is 343 g/mol. The van der Waals surface area contributed by atoms with Crippen molar-refractivity contribution >= 4 is 24.3 Å². The first-order valence-corrected chi connectivity index (χ1v) is 7.35. The van der Waals surface area contributed by atoms with Crippen LogP contribution in [0.1, 0.15) is 18.4 Å². The van der Waals surface area contributed by atoms with Crippen LogP contribution in [0, 0.1) is 0 Å². The summed E-state index contributed by atoms with van der Waals surface area (Å²) in [4.78, 5) is 26.8. The second-order valence-corrected chi connectivity index (χ2v) is 5.53. The maximum atomic E-state index is 12.3. The number of halogens is 1. The van der Waals surface area contributed by atoms with E-state index in [0.717, 1.165) is 17.7 Å². The first-order valence-electron chi connectivity index (χ1n) is 7.35. The molecule has 1 N–H and O–H groups in total. The molecule has 1 fully saturated rings.